The fraction of sp³-hybridized carbons (Fsp3) is 0.571. The predicted octanol–water partition coefficient (Wildman–Crippen LogP) is 5.31. The summed E-state index contributed by atoms with van der Waals surface area (Å²) in [6.45, 7) is 11.7. The number of thiazole rings is 1. The molecule has 3 aromatic rings. The molecule has 3 aliphatic rings. The second kappa shape index (κ2) is 20.8. The maximum absolute atomic E-state index is 13.3. The summed E-state index contributed by atoms with van der Waals surface area (Å²) in [4.78, 5) is 48.6. The van der Waals surface area contributed by atoms with Crippen LogP contribution in [0.2, 0.25) is 5.02 Å². The second-order valence-electron chi connectivity index (χ2n) is 15.1. The first-order valence-corrected chi connectivity index (χ1v) is 21.6. The van der Waals surface area contributed by atoms with E-state index < -0.39 is 0 Å². The molecule has 1 spiro atoms. The predicted molar refractivity (Wildman–Crippen MR) is 221 cm³/mol. The highest BCUT2D eigenvalue weighted by Crippen LogP contribution is 2.39. The minimum absolute atomic E-state index is 0.0178. The lowest BCUT2D eigenvalue weighted by Crippen LogP contribution is -2.58. The molecule has 4 heterocycles. The minimum atomic E-state index is -0.306. The number of likely N-dealkylation sites (tertiary alicyclic amines) is 1. The van der Waals surface area contributed by atoms with Crippen molar-refractivity contribution in [3.63, 3.8) is 0 Å². The van der Waals surface area contributed by atoms with E-state index in [4.69, 9.17) is 25.8 Å². The Bertz CT molecular complexity index is 1830. The van der Waals surface area contributed by atoms with Gasteiger partial charge in [-0.25, -0.2) is 4.98 Å². The first kappa shape index (κ1) is 42.8. The van der Waals surface area contributed by atoms with Gasteiger partial charge in [-0.05, 0) is 80.8 Å². The SMILES string of the molecule is CCCCc1nc(C(=O)N2CCOC3(CCN(Cc4ccc(CCOCCC(=O)N(CC)CCNCCc5ccc(O)c6c5OCC(=O)N6)c(Cl)c4)CC3)C2)cs1. The first-order chi connectivity index (χ1) is 27.7. The molecule has 15 heteroatoms. The number of likely N-dealkylation sites (N-methyl/N-ethyl adjacent to an activating group) is 1. The number of nitrogens with one attached hydrogen (secondary N) is 2. The zero-order chi connectivity index (χ0) is 40.2. The monoisotopic (exact) mass is 824 g/mol. The van der Waals surface area contributed by atoms with Crippen molar-refractivity contribution in [3.8, 4) is 11.5 Å². The van der Waals surface area contributed by atoms with Crippen LogP contribution in [0, 0.1) is 0 Å². The van der Waals surface area contributed by atoms with Gasteiger partial charge < -0.3 is 39.8 Å². The number of piperidine rings is 1. The molecule has 13 nitrogen and oxygen atoms in total. The van der Waals surface area contributed by atoms with Gasteiger partial charge in [0.05, 0.1) is 43.4 Å². The second-order valence-corrected chi connectivity index (χ2v) is 16.4. The van der Waals surface area contributed by atoms with Gasteiger partial charge in [-0.3, -0.25) is 19.3 Å². The van der Waals surface area contributed by atoms with Gasteiger partial charge in [-0.2, -0.15) is 0 Å². The van der Waals surface area contributed by atoms with E-state index >= 15 is 0 Å². The molecule has 0 radical (unpaired) electrons. The third kappa shape index (κ3) is 11.7. The van der Waals surface area contributed by atoms with Crippen molar-refractivity contribution >= 4 is 46.3 Å². The molecule has 310 valence electrons. The van der Waals surface area contributed by atoms with Crippen LogP contribution in [0.5, 0.6) is 11.5 Å². The van der Waals surface area contributed by atoms with Crippen molar-refractivity contribution < 1.29 is 33.7 Å². The molecule has 2 aromatic carbocycles. The van der Waals surface area contributed by atoms with Gasteiger partial charge in [0.25, 0.3) is 11.8 Å². The summed E-state index contributed by atoms with van der Waals surface area (Å²) in [7, 11) is 0. The Labute approximate surface area is 345 Å². The molecule has 3 aliphatic heterocycles. The molecule has 3 amide bonds. The molecule has 0 atom stereocenters. The first-order valence-electron chi connectivity index (χ1n) is 20.4. The summed E-state index contributed by atoms with van der Waals surface area (Å²) in [6.07, 6.45) is 6.50. The van der Waals surface area contributed by atoms with Gasteiger partial charge >= 0.3 is 0 Å². The summed E-state index contributed by atoms with van der Waals surface area (Å²) in [5.74, 6) is 0.266. The molecular formula is C42H57ClN6O7S. The van der Waals surface area contributed by atoms with Crippen molar-refractivity contribution in [1.29, 1.82) is 0 Å². The largest absolute Gasteiger partial charge is 0.506 e. The van der Waals surface area contributed by atoms with E-state index in [1.54, 1.807) is 23.5 Å². The summed E-state index contributed by atoms with van der Waals surface area (Å²) in [5, 5.41) is 19.8. The number of phenols is 1. The number of nitrogens with zero attached hydrogens (tertiary/aromatic N) is 4. The number of hydrogen-bond acceptors (Lipinski definition) is 11. The van der Waals surface area contributed by atoms with Crippen LogP contribution in [0.1, 0.15) is 78.1 Å². The van der Waals surface area contributed by atoms with E-state index in [0.717, 1.165) is 78.5 Å². The van der Waals surface area contributed by atoms with E-state index in [1.807, 2.05) is 28.2 Å². The Morgan fingerprint density at radius 3 is 2.70 bits per heavy atom. The Balaban J connectivity index is 0.850. The fourth-order valence-corrected chi connectivity index (χ4v) is 8.75. The standard InChI is InChI=1S/C42H57ClN6O7S/c1-3-5-6-37-45-34(28-57-37)41(53)49-21-24-56-42(29-49)14-18-47(19-15-42)26-30-7-8-31(33(43)25-30)12-22-54-23-13-38(52)48(4-2)20-17-44-16-11-32-9-10-35(50)39-40(32)55-27-36(51)46-39/h7-10,25,28,44,50H,3-6,11-24,26-27,29H2,1-2H3,(H,46,51). The van der Waals surface area contributed by atoms with Gasteiger partial charge in [-0.1, -0.05) is 43.1 Å². The number of halogens is 1. The molecular weight excluding hydrogens is 768 g/mol. The van der Waals surface area contributed by atoms with Crippen molar-refractivity contribution in [3.05, 3.63) is 68.1 Å². The normalized spacial score (nSPS) is 16.6. The topological polar surface area (TPSA) is 146 Å². The summed E-state index contributed by atoms with van der Waals surface area (Å²) >= 11 is 8.31. The minimum Gasteiger partial charge on any atom is -0.506 e. The van der Waals surface area contributed by atoms with Crippen LogP contribution < -0.4 is 15.4 Å². The zero-order valence-corrected chi connectivity index (χ0v) is 34.9. The fourth-order valence-electron chi connectivity index (χ4n) is 7.64. The highest BCUT2D eigenvalue weighted by molar-refractivity contribution is 7.09. The van der Waals surface area contributed by atoms with Crippen molar-refractivity contribution in [2.24, 2.45) is 0 Å². The van der Waals surface area contributed by atoms with E-state index in [1.165, 1.54) is 0 Å². The maximum atomic E-state index is 13.3. The number of morpholine rings is 1. The number of anilines is 1. The number of aryl methyl sites for hydroxylation is 1. The van der Waals surface area contributed by atoms with Gasteiger partial charge in [0.15, 0.2) is 12.4 Å². The summed E-state index contributed by atoms with van der Waals surface area (Å²) in [6, 6.07) is 9.60. The smallest absolute Gasteiger partial charge is 0.273 e. The number of carbonyl (C=O) groups is 3. The Morgan fingerprint density at radius 1 is 1.09 bits per heavy atom. The van der Waals surface area contributed by atoms with Crippen molar-refractivity contribution in [1.82, 2.24) is 25.0 Å². The molecule has 2 fully saturated rings. The number of aromatic hydroxyl groups is 1. The molecule has 0 bridgehead atoms. The third-order valence-corrected chi connectivity index (χ3v) is 12.3. The van der Waals surface area contributed by atoms with Crippen LogP contribution in [0.3, 0.4) is 0 Å². The summed E-state index contributed by atoms with van der Waals surface area (Å²) < 4.78 is 17.8. The number of phenolic OH excluding ortho intramolecular Hbond substituents is 1. The van der Waals surface area contributed by atoms with Crippen LogP contribution in [0.15, 0.2) is 35.7 Å². The highest BCUT2D eigenvalue weighted by Gasteiger charge is 2.41. The van der Waals surface area contributed by atoms with Crippen LogP contribution in [-0.2, 0) is 44.9 Å². The molecule has 3 N–H and O–H groups in total. The van der Waals surface area contributed by atoms with Crippen LogP contribution >= 0.6 is 22.9 Å². The highest BCUT2D eigenvalue weighted by atomic mass is 35.5. The van der Waals surface area contributed by atoms with Crippen LogP contribution in [0.4, 0.5) is 5.69 Å². The Morgan fingerprint density at radius 2 is 1.91 bits per heavy atom. The molecule has 1 aromatic heterocycles. The van der Waals surface area contributed by atoms with Gasteiger partial charge in [0, 0.05) is 56.2 Å². The lowest BCUT2D eigenvalue weighted by molar-refractivity contribution is -0.132. The molecule has 2 saturated heterocycles. The van der Waals surface area contributed by atoms with Crippen LogP contribution in [-0.4, -0.2) is 127 Å². The van der Waals surface area contributed by atoms with Gasteiger partial charge in [0.2, 0.25) is 5.91 Å². The lowest BCUT2D eigenvalue weighted by Gasteiger charge is -2.47. The zero-order valence-electron chi connectivity index (χ0n) is 33.3. The molecule has 6 rings (SSSR count). The molecule has 0 saturated carbocycles. The lowest BCUT2D eigenvalue weighted by atomic mass is 9.89. The number of unbranched alkanes of at least 4 members (excludes halogenated alkanes) is 1. The number of rotatable bonds is 19. The average molecular weight is 825 g/mol. The molecule has 57 heavy (non-hydrogen) atoms. The van der Waals surface area contributed by atoms with E-state index in [2.05, 4.69) is 39.6 Å². The average Bonchev–Trinajstić information content (AvgIpc) is 3.69. The number of fused-ring (bicyclic) bond motifs is 1. The number of amides is 3. The Kier molecular flexibility index (Phi) is 15.6. The third-order valence-electron chi connectivity index (χ3n) is 11.0. The van der Waals surface area contributed by atoms with Gasteiger partial charge in [-0.15, -0.1) is 11.3 Å². The Hall–Kier alpha value is -3.79. The molecule has 0 aliphatic carbocycles. The number of hydrogen-bond donors (Lipinski definition) is 3. The number of benzene rings is 2. The van der Waals surface area contributed by atoms with Gasteiger partial charge in [0.1, 0.15) is 17.1 Å². The van der Waals surface area contributed by atoms with E-state index in [9.17, 15) is 19.5 Å². The van der Waals surface area contributed by atoms with Crippen LogP contribution in [0.25, 0.3) is 0 Å². The number of carbonyl (C=O) groups excluding carboxylic acids is 3. The van der Waals surface area contributed by atoms with Crippen molar-refractivity contribution in [2.45, 2.75) is 77.4 Å². The van der Waals surface area contributed by atoms with Crippen molar-refractivity contribution in [2.75, 3.05) is 84.1 Å². The summed E-state index contributed by atoms with van der Waals surface area (Å²) in [5.41, 5.74) is 3.65. The quantitative estimate of drug-likeness (QED) is 0.107. The molecule has 0 unspecified atom stereocenters. The van der Waals surface area contributed by atoms with E-state index in [-0.39, 0.29) is 35.7 Å². The van der Waals surface area contributed by atoms with E-state index in [0.29, 0.717) is 95.5 Å². The number of aromatic nitrogens is 1. The maximum Gasteiger partial charge on any atom is 0.273 e. The number of ether oxygens (including phenoxy) is 3.